The van der Waals surface area contributed by atoms with Crippen molar-refractivity contribution >= 4 is 0 Å². The SMILES string of the molecule is Cc1cc(C(C)(N)N(C)C)c2c(c1C)O2. The third-order valence-electron chi connectivity index (χ3n) is 3.38. The van der Waals surface area contributed by atoms with Gasteiger partial charge < -0.3 is 10.5 Å². The molecule has 1 aromatic carbocycles. The fourth-order valence-corrected chi connectivity index (χ4v) is 1.69. The van der Waals surface area contributed by atoms with Gasteiger partial charge in [0.2, 0.25) is 0 Å². The largest absolute Gasteiger partial charge is 0.449 e. The van der Waals surface area contributed by atoms with Crippen LogP contribution < -0.4 is 10.5 Å². The fraction of sp³-hybridized carbons (Fsp3) is 0.500. The van der Waals surface area contributed by atoms with Crippen molar-refractivity contribution in [3.8, 4) is 11.5 Å². The maximum absolute atomic E-state index is 6.28. The van der Waals surface area contributed by atoms with Gasteiger partial charge in [-0.15, -0.1) is 0 Å². The van der Waals surface area contributed by atoms with Gasteiger partial charge in [-0.1, -0.05) is 0 Å². The predicted octanol–water partition coefficient (Wildman–Crippen LogP) is 2.10. The van der Waals surface area contributed by atoms with Crippen LogP contribution in [0.4, 0.5) is 0 Å². The van der Waals surface area contributed by atoms with Crippen LogP contribution in [0.1, 0.15) is 23.6 Å². The molecule has 1 unspecified atom stereocenters. The number of rotatable bonds is 2. The molecule has 82 valence electrons. The molecule has 0 saturated heterocycles. The Morgan fingerprint density at radius 1 is 1.27 bits per heavy atom. The Labute approximate surface area is 90.8 Å². The van der Waals surface area contributed by atoms with E-state index in [-0.39, 0.29) is 0 Å². The molecule has 2 N–H and O–H groups in total. The number of benzene rings is 1. The minimum Gasteiger partial charge on any atom is -0.449 e. The number of nitrogens with two attached hydrogens (primary N) is 1. The monoisotopic (exact) mass is 206 g/mol. The molecule has 3 heteroatoms. The normalized spacial score (nSPS) is 17.0. The molecule has 0 fully saturated rings. The van der Waals surface area contributed by atoms with E-state index in [0.29, 0.717) is 0 Å². The van der Waals surface area contributed by atoms with Gasteiger partial charge >= 0.3 is 0 Å². The highest BCUT2D eigenvalue weighted by atomic mass is 16.6. The van der Waals surface area contributed by atoms with E-state index in [2.05, 4.69) is 19.9 Å². The lowest BCUT2D eigenvalue weighted by Crippen LogP contribution is -2.46. The molecule has 0 spiro atoms. The first kappa shape index (κ1) is 10.5. The quantitative estimate of drug-likeness (QED) is 0.604. The van der Waals surface area contributed by atoms with Crippen molar-refractivity contribution in [1.29, 1.82) is 0 Å². The summed E-state index contributed by atoms with van der Waals surface area (Å²) >= 11 is 0. The Bertz CT molecular complexity index is 418. The van der Waals surface area contributed by atoms with Gasteiger partial charge in [-0.05, 0) is 52.1 Å². The molecule has 0 aliphatic carbocycles. The summed E-state index contributed by atoms with van der Waals surface area (Å²) in [5.41, 5.74) is 9.34. The molecule has 0 amide bonds. The summed E-state index contributed by atoms with van der Waals surface area (Å²) < 4.78 is 5.51. The van der Waals surface area contributed by atoms with Crippen LogP contribution in [0.15, 0.2) is 6.07 Å². The Balaban J connectivity index is 2.53. The zero-order chi connectivity index (χ0) is 11.4. The van der Waals surface area contributed by atoms with Crippen LogP contribution in [0.2, 0.25) is 0 Å². The molecule has 15 heavy (non-hydrogen) atoms. The highest BCUT2D eigenvalue weighted by Gasteiger charge is 2.37. The van der Waals surface area contributed by atoms with Crippen molar-refractivity contribution in [2.24, 2.45) is 5.73 Å². The van der Waals surface area contributed by atoms with Crippen LogP contribution in [-0.2, 0) is 5.66 Å². The molecule has 1 atom stereocenters. The molecule has 0 bridgehead atoms. The molecule has 0 saturated carbocycles. The molecule has 3 nitrogen and oxygen atoms in total. The molecular weight excluding hydrogens is 188 g/mol. The third-order valence-corrected chi connectivity index (χ3v) is 3.38. The van der Waals surface area contributed by atoms with Crippen LogP contribution in [0, 0.1) is 13.8 Å². The maximum Gasteiger partial charge on any atom is 0.176 e. The number of hydrogen-bond donors (Lipinski definition) is 1. The number of aryl methyl sites for hydroxylation is 1. The minimum absolute atomic E-state index is 0.473. The standard InChI is InChI=1S/C12H18N2O/c1-7-6-9(12(3,13)14(4)5)11-10(15-11)8(7)2/h6H,13H2,1-5H3. The van der Waals surface area contributed by atoms with E-state index >= 15 is 0 Å². The summed E-state index contributed by atoms with van der Waals surface area (Å²) in [5.74, 6) is 1.99. The molecule has 2 rings (SSSR count). The van der Waals surface area contributed by atoms with Crippen LogP contribution in [0.3, 0.4) is 0 Å². The van der Waals surface area contributed by atoms with E-state index in [9.17, 15) is 0 Å². The lowest BCUT2D eigenvalue weighted by Gasteiger charge is -2.32. The van der Waals surface area contributed by atoms with E-state index in [0.717, 1.165) is 17.1 Å². The molecule has 1 heterocycles. The molecule has 0 aromatic heterocycles. The van der Waals surface area contributed by atoms with Crippen LogP contribution in [0.5, 0.6) is 11.5 Å². The topological polar surface area (TPSA) is 41.8 Å². The summed E-state index contributed by atoms with van der Waals surface area (Å²) in [6, 6.07) is 2.13. The van der Waals surface area contributed by atoms with Gasteiger partial charge in [0.05, 0.1) is 5.66 Å². The van der Waals surface area contributed by atoms with Crippen molar-refractivity contribution in [3.63, 3.8) is 0 Å². The predicted molar refractivity (Wildman–Crippen MR) is 61.2 cm³/mol. The molecular formula is C12H18N2O. The van der Waals surface area contributed by atoms with Crippen molar-refractivity contribution in [2.45, 2.75) is 26.4 Å². The van der Waals surface area contributed by atoms with Gasteiger partial charge in [0.25, 0.3) is 0 Å². The van der Waals surface area contributed by atoms with Gasteiger partial charge in [-0.2, -0.15) is 0 Å². The Kier molecular flexibility index (Phi) is 2.07. The highest BCUT2D eigenvalue weighted by molar-refractivity contribution is 5.67. The highest BCUT2D eigenvalue weighted by Crippen LogP contribution is 2.54. The summed E-state index contributed by atoms with van der Waals surface area (Å²) in [7, 11) is 3.95. The Hall–Kier alpha value is -1.06. The lowest BCUT2D eigenvalue weighted by atomic mass is 9.97. The van der Waals surface area contributed by atoms with Gasteiger partial charge in [0.15, 0.2) is 11.5 Å². The minimum atomic E-state index is -0.473. The van der Waals surface area contributed by atoms with Gasteiger partial charge in [-0.3, -0.25) is 4.90 Å². The summed E-state index contributed by atoms with van der Waals surface area (Å²) in [6.45, 7) is 6.17. The summed E-state index contributed by atoms with van der Waals surface area (Å²) in [5, 5.41) is 0. The van der Waals surface area contributed by atoms with Crippen LogP contribution >= 0.6 is 0 Å². The van der Waals surface area contributed by atoms with E-state index in [4.69, 9.17) is 10.5 Å². The van der Waals surface area contributed by atoms with Gasteiger partial charge in [0.1, 0.15) is 0 Å². The second-order valence-electron chi connectivity index (χ2n) is 4.67. The maximum atomic E-state index is 6.28. The average molecular weight is 206 g/mol. The van der Waals surface area contributed by atoms with E-state index in [1.54, 1.807) is 0 Å². The fourth-order valence-electron chi connectivity index (χ4n) is 1.69. The van der Waals surface area contributed by atoms with Crippen molar-refractivity contribution in [2.75, 3.05) is 14.1 Å². The van der Waals surface area contributed by atoms with Crippen LogP contribution in [0.25, 0.3) is 0 Å². The Morgan fingerprint density at radius 2 is 1.87 bits per heavy atom. The second kappa shape index (κ2) is 2.97. The molecule has 1 aliphatic heterocycles. The number of hydrogen-bond acceptors (Lipinski definition) is 3. The third kappa shape index (κ3) is 1.43. The number of nitrogens with zero attached hydrogens (tertiary/aromatic N) is 1. The zero-order valence-corrected chi connectivity index (χ0v) is 10.0. The van der Waals surface area contributed by atoms with E-state index in [1.165, 1.54) is 11.1 Å². The smallest absolute Gasteiger partial charge is 0.176 e. The Morgan fingerprint density at radius 3 is 2.40 bits per heavy atom. The average Bonchev–Trinajstić information content (AvgIpc) is 2.90. The molecule has 1 aromatic rings. The van der Waals surface area contributed by atoms with Crippen molar-refractivity contribution in [1.82, 2.24) is 4.90 Å². The zero-order valence-electron chi connectivity index (χ0n) is 10.0. The number of ether oxygens (including phenoxy) is 1. The van der Waals surface area contributed by atoms with Crippen molar-refractivity contribution in [3.05, 3.63) is 22.8 Å². The van der Waals surface area contributed by atoms with Crippen LogP contribution in [-0.4, -0.2) is 19.0 Å². The molecule has 0 radical (unpaired) electrons. The van der Waals surface area contributed by atoms with E-state index in [1.807, 2.05) is 25.9 Å². The summed E-state index contributed by atoms with van der Waals surface area (Å²) in [4.78, 5) is 2.00. The lowest BCUT2D eigenvalue weighted by molar-refractivity contribution is 0.181. The van der Waals surface area contributed by atoms with E-state index < -0.39 is 5.66 Å². The van der Waals surface area contributed by atoms with Gasteiger partial charge in [0, 0.05) is 5.56 Å². The second-order valence-corrected chi connectivity index (χ2v) is 4.67. The first-order valence-corrected chi connectivity index (χ1v) is 5.14. The van der Waals surface area contributed by atoms with Gasteiger partial charge in [-0.25, -0.2) is 0 Å². The first-order valence-electron chi connectivity index (χ1n) is 5.14. The summed E-state index contributed by atoms with van der Waals surface area (Å²) in [6.07, 6.45) is 0. The first-order chi connectivity index (χ1) is 6.85. The van der Waals surface area contributed by atoms with Crippen molar-refractivity contribution < 1.29 is 4.74 Å². The number of fused-ring (bicyclic) bond motifs is 1. The molecule has 1 aliphatic rings.